The van der Waals surface area contributed by atoms with Crippen LogP contribution in [0.25, 0.3) is 21.9 Å². The maximum absolute atomic E-state index is 16.7. The Morgan fingerprint density at radius 1 is 1.20 bits per heavy atom. The van der Waals surface area contributed by atoms with Crippen molar-refractivity contribution in [1.29, 1.82) is 0 Å². The van der Waals surface area contributed by atoms with E-state index in [0.717, 1.165) is 23.2 Å². The van der Waals surface area contributed by atoms with Gasteiger partial charge in [0.25, 0.3) is 5.85 Å². The van der Waals surface area contributed by atoms with Crippen LogP contribution >= 0.6 is 7.75 Å². The van der Waals surface area contributed by atoms with Crippen molar-refractivity contribution in [3.8, 4) is 11.6 Å². The van der Waals surface area contributed by atoms with Crippen molar-refractivity contribution >= 4 is 41.6 Å². The monoisotopic (exact) mass is 662 g/mol. The number of rotatable bonds is 11. The molecule has 1 saturated heterocycles. The summed E-state index contributed by atoms with van der Waals surface area (Å²) in [5, 5.41) is 15.2. The second kappa shape index (κ2) is 11.1. The summed E-state index contributed by atoms with van der Waals surface area (Å²) >= 11 is 0. The molecule has 2 aromatic heterocycles. The molecule has 6 rings (SSSR count). The number of hydrogen-bond donors (Lipinski definition) is 3. The molecule has 2 fully saturated rings. The standard InChI is InChI=1S/C29H33F2N6O8P/c1-6-41-22-20-21(34-26(32)35-22)37(14-33-20)25-27(5,30)28(39)24(29(28,31)43-25)45-46(40,36-16(4)23(38)42-15(2)3)44-19-13-9-11-17-10-7-8-12-18(17)19/h7-16,24-25,39H,6H2,1-5H3,(H,36,40)(H2,32,34,35)/t16?,24?,25-,27+,28+,29-,46?/m1/s1. The van der Waals surface area contributed by atoms with Crippen LogP contribution in [0.15, 0.2) is 48.8 Å². The summed E-state index contributed by atoms with van der Waals surface area (Å²) in [5.74, 6) is -4.18. The van der Waals surface area contributed by atoms with Crippen molar-refractivity contribution in [3.63, 3.8) is 0 Å². The van der Waals surface area contributed by atoms with E-state index < -0.39 is 55.3 Å². The number of nitrogen functional groups attached to an aromatic ring is 1. The summed E-state index contributed by atoms with van der Waals surface area (Å²) < 4.78 is 76.1. The van der Waals surface area contributed by atoms with E-state index in [9.17, 15) is 14.5 Å². The number of aromatic nitrogens is 4. The summed E-state index contributed by atoms with van der Waals surface area (Å²) in [7, 11) is -4.80. The fourth-order valence-electron chi connectivity index (χ4n) is 5.60. The predicted molar refractivity (Wildman–Crippen MR) is 160 cm³/mol. The number of carbonyl (C=O) groups is 1. The number of esters is 1. The van der Waals surface area contributed by atoms with Crippen LogP contribution in [0, 0.1) is 0 Å². The molecule has 0 radical (unpaired) electrons. The molecule has 4 aromatic rings. The van der Waals surface area contributed by atoms with Crippen molar-refractivity contribution in [2.75, 3.05) is 12.3 Å². The molecule has 3 heterocycles. The summed E-state index contributed by atoms with van der Waals surface area (Å²) in [6.45, 7) is 7.40. The Balaban J connectivity index is 1.33. The Kier molecular flexibility index (Phi) is 7.72. The number of anilines is 1. The molecule has 3 unspecified atom stereocenters. The number of ether oxygens (including phenoxy) is 3. The molecular formula is C29H33F2N6O8P. The smallest absolute Gasteiger partial charge is 0.460 e. The van der Waals surface area contributed by atoms with Gasteiger partial charge in [-0.25, -0.2) is 18.3 Å². The Hall–Kier alpha value is -3.95. The maximum Gasteiger partial charge on any atom is 0.460 e. The summed E-state index contributed by atoms with van der Waals surface area (Å²) in [5.41, 5.74) is -0.0624. The molecule has 14 nitrogen and oxygen atoms in total. The number of nitrogens with one attached hydrogen (secondary N) is 1. The molecule has 0 bridgehead atoms. The van der Waals surface area contributed by atoms with Crippen LogP contribution in [-0.2, 0) is 23.4 Å². The molecule has 17 heteroatoms. The molecule has 2 aromatic carbocycles. The van der Waals surface area contributed by atoms with Crippen molar-refractivity contribution < 1.29 is 46.5 Å². The lowest BCUT2D eigenvalue weighted by Crippen LogP contribution is -2.45. The molecule has 46 heavy (non-hydrogen) atoms. The molecular weight excluding hydrogens is 629 g/mol. The molecule has 7 atom stereocenters. The molecule has 1 saturated carbocycles. The quantitative estimate of drug-likeness (QED) is 0.154. The first-order chi connectivity index (χ1) is 21.6. The van der Waals surface area contributed by atoms with Crippen LogP contribution in [0.4, 0.5) is 14.7 Å². The highest BCUT2D eigenvalue weighted by atomic mass is 31.2. The van der Waals surface area contributed by atoms with Gasteiger partial charge < -0.3 is 29.6 Å². The van der Waals surface area contributed by atoms with Crippen LogP contribution in [0.3, 0.4) is 0 Å². The molecule has 4 N–H and O–H groups in total. The molecule has 1 aliphatic carbocycles. The lowest BCUT2D eigenvalue weighted by Gasteiger charge is -2.31. The maximum atomic E-state index is 16.7. The third kappa shape index (κ3) is 4.95. The van der Waals surface area contributed by atoms with Gasteiger partial charge in [0.05, 0.1) is 19.0 Å². The zero-order valence-electron chi connectivity index (χ0n) is 25.5. The van der Waals surface area contributed by atoms with Crippen molar-refractivity contribution in [2.24, 2.45) is 0 Å². The highest BCUT2D eigenvalue weighted by Gasteiger charge is 2.96. The highest BCUT2D eigenvalue weighted by Crippen LogP contribution is 2.73. The SMILES string of the molecule is CCOc1nc(N)nc2c1ncn2[C@@H]1O[C@]2(F)C(OP(=O)(NC(C)C(=O)OC(C)C)Oc3cccc4ccccc34)[C@]2(O)[C@@]1(C)F. The number of alkyl halides is 2. The van der Waals surface area contributed by atoms with E-state index in [1.165, 1.54) is 13.0 Å². The number of benzene rings is 2. The van der Waals surface area contributed by atoms with Crippen molar-refractivity contribution in [2.45, 2.75) is 76.2 Å². The lowest BCUT2D eigenvalue weighted by molar-refractivity contribution is -0.156. The number of imidazole rings is 1. The van der Waals surface area contributed by atoms with E-state index in [0.29, 0.717) is 5.39 Å². The minimum absolute atomic E-state index is 0.0186. The minimum atomic E-state index is -4.80. The Labute approximate surface area is 261 Å². The van der Waals surface area contributed by atoms with E-state index >= 15 is 8.78 Å². The Morgan fingerprint density at radius 2 is 1.91 bits per heavy atom. The topological polar surface area (TPSA) is 182 Å². The number of carbonyl (C=O) groups excluding carboxylic acids is 1. The number of hydrogen-bond acceptors (Lipinski definition) is 12. The zero-order valence-corrected chi connectivity index (χ0v) is 26.4. The van der Waals surface area contributed by atoms with E-state index in [2.05, 4.69) is 20.0 Å². The van der Waals surface area contributed by atoms with Crippen LogP contribution < -0.4 is 20.1 Å². The number of nitrogens with two attached hydrogens (primary N) is 1. The first-order valence-electron chi connectivity index (χ1n) is 14.5. The second-order valence-electron chi connectivity index (χ2n) is 11.5. The first-order valence-corrected chi connectivity index (χ1v) is 16.0. The number of aliphatic hydroxyl groups is 1. The van der Waals surface area contributed by atoms with E-state index in [4.69, 9.17) is 29.0 Å². The van der Waals surface area contributed by atoms with Crippen LogP contribution in [0.2, 0.25) is 0 Å². The summed E-state index contributed by atoms with van der Waals surface area (Å²) in [4.78, 5) is 24.8. The third-order valence-corrected chi connectivity index (χ3v) is 9.48. The highest BCUT2D eigenvalue weighted by molar-refractivity contribution is 7.52. The Bertz CT molecular complexity index is 1870. The van der Waals surface area contributed by atoms with Crippen molar-refractivity contribution in [3.05, 3.63) is 48.8 Å². The average molecular weight is 663 g/mol. The Morgan fingerprint density at radius 3 is 2.59 bits per heavy atom. The fourth-order valence-corrected chi connectivity index (χ4v) is 7.32. The van der Waals surface area contributed by atoms with Crippen LogP contribution in [0.5, 0.6) is 11.6 Å². The number of halogens is 2. The summed E-state index contributed by atoms with van der Waals surface area (Å²) in [6.07, 6.45) is -3.38. The lowest BCUT2D eigenvalue weighted by atomic mass is 9.97. The van der Waals surface area contributed by atoms with E-state index in [1.807, 2.05) is 0 Å². The van der Waals surface area contributed by atoms with Gasteiger partial charge in [0.15, 0.2) is 34.8 Å². The van der Waals surface area contributed by atoms with Gasteiger partial charge in [-0.2, -0.15) is 15.1 Å². The van der Waals surface area contributed by atoms with Gasteiger partial charge in [0.1, 0.15) is 11.8 Å². The first kappa shape index (κ1) is 32.0. The van der Waals surface area contributed by atoms with Gasteiger partial charge in [0.2, 0.25) is 11.8 Å². The largest absolute Gasteiger partial charge is 0.476 e. The average Bonchev–Trinajstić information content (AvgIpc) is 3.22. The zero-order chi connectivity index (χ0) is 33.2. The summed E-state index contributed by atoms with van der Waals surface area (Å²) in [6, 6.07) is 10.6. The van der Waals surface area contributed by atoms with Crippen molar-refractivity contribution in [1.82, 2.24) is 24.6 Å². The van der Waals surface area contributed by atoms with Gasteiger partial charge in [-0.3, -0.25) is 13.9 Å². The van der Waals surface area contributed by atoms with E-state index in [-0.39, 0.29) is 35.3 Å². The minimum Gasteiger partial charge on any atom is -0.476 e. The van der Waals surface area contributed by atoms with Gasteiger partial charge >= 0.3 is 13.7 Å². The van der Waals surface area contributed by atoms with Gasteiger partial charge in [-0.15, -0.1) is 0 Å². The van der Waals surface area contributed by atoms with Crippen LogP contribution in [-0.4, -0.2) is 72.6 Å². The molecule has 0 spiro atoms. The molecule has 2 aliphatic rings. The molecule has 0 amide bonds. The third-order valence-electron chi connectivity index (χ3n) is 7.86. The number of fused-ring (bicyclic) bond motifs is 3. The second-order valence-corrected chi connectivity index (χ2v) is 13.1. The molecule has 246 valence electrons. The van der Waals surface area contributed by atoms with E-state index in [1.54, 1.807) is 57.2 Å². The number of nitrogens with zero attached hydrogens (tertiary/aromatic N) is 4. The van der Waals surface area contributed by atoms with Crippen LogP contribution in [0.1, 0.15) is 40.8 Å². The molecule has 1 aliphatic heterocycles. The predicted octanol–water partition coefficient (Wildman–Crippen LogP) is 4.13. The van der Waals surface area contributed by atoms with Gasteiger partial charge in [0, 0.05) is 5.39 Å². The fraction of sp³-hybridized carbons (Fsp3) is 0.448. The van der Waals surface area contributed by atoms with Gasteiger partial charge in [-0.1, -0.05) is 36.4 Å². The normalized spacial score (nSPS) is 29.0. The van der Waals surface area contributed by atoms with Gasteiger partial charge in [-0.05, 0) is 46.1 Å².